The highest BCUT2D eigenvalue weighted by Gasteiger charge is 2.22. The fraction of sp³-hybridized carbons (Fsp3) is 0.333. The predicted molar refractivity (Wildman–Crippen MR) is 90.8 cm³/mol. The first-order valence-corrected chi connectivity index (χ1v) is 8.04. The van der Waals surface area contributed by atoms with Gasteiger partial charge in [0.1, 0.15) is 0 Å². The Bertz CT molecular complexity index is 748. The van der Waals surface area contributed by atoms with Gasteiger partial charge in [-0.3, -0.25) is 4.79 Å². The zero-order valence-corrected chi connectivity index (χ0v) is 13.6. The van der Waals surface area contributed by atoms with Crippen LogP contribution < -0.4 is 5.32 Å². The minimum Gasteiger partial charge on any atom is -0.338 e. The lowest BCUT2D eigenvalue weighted by molar-refractivity contribution is 0.0682. The van der Waals surface area contributed by atoms with Crippen LogP contribution in [0.5, 0.6) is 0 Å². The molecule has 0 radical (unpaired) electrons. The van der Waals surface area contributed by atoms with Gasteiger partial charge in [0.15, 0.2) is 0 Å². The van der Waals surface area contributed by atoms with Crippen molar-refractivity contribution in [3.8, 4) is 6.07 Å². The number of piperidine rings is 1. The molecule has 1 aromatic carbocycles. The molecular formula is C18H19N5O. The number of benzene rings is 1. The third-order valence-electron chi connectivity index (χ3n) is 4.11. The third kappa shape index (κ3) is 3.69. The van der Waals surface area contributed by atoms with Crippen LogP contribution in [0.4, 0.5) is 11.6 Å². The molecule has 24 heavy (non-hydrogen) atoms. The van der Waals surface area contributed by atoms with Crippen LogP contribution >= 0.6 is 0 Å². The topological polar surface area (TPSA) is 81.9 Å². The molecule has 1 N–H and O–H groups in total. The van der Waals surface area contributed by atoms with Gasteiger partial charge in [-0.15, -0.1) is 0 Å². The summed E-state index contributed by atoms with van der Waals surface area (Å²) in [6.07, 6.45) is 5.33. The molecule has 1 unspecified atom stereocenters. The summed E-state index contributed by atoms with van der Waals surface area (Å²) < 4.78 is 0. The van der Waals surface area contributed by atoms with E-state index in [-0.39, 0.29) is 5.91 Å². The second-order valence-electron chi connectivity index (χ2n) is 6.11. The first kappa shape index (κ1) is 15.9. The number of hydrogen-bond acceptors (Lipinski definition) is 5. The molecule has 0 spiro atoms. The number of anilines is 2. The van der Waals surface area contributed by atoms with Crippen molar-refractivity contribution in [2.45, 2.75) is 19.8 Å². The molecule has 1 aromatic heterocycles. The van der Waals surface area contributed by atoms with Crippen LogP contribution in [-0.2, 0) is 0 Å². The average Bonchev–Trinajstić information content (AvgIpc) is 2.62. The van der Waals surface area contributed by atoms with Crippen molar-refractivity contribution in [3.63, 3.8) is 0 Å². The van der Waals surface area contributed by atoms with E-state index in [0.717, 1.165) is 25.2 Å². The maximum Gasteiger partial charge on any atom is 0.257 e. The van der Waals surface area contributed by atoms with Gasteiger partial charge in [0.05, 0.1) is 17.2 Å². The number of amides is 1. The zero-order chi connectivity index (χ0) is 16.9. The van der Waals surface area contributed by atoms with Gasteiger partial charge in [-0.25, -0.2) is 9.97 Å². The SMILES string of the molecule is CC1CCCN(C(=O)c2cnc(Nc3ccc(C#N)cc3)nc2)C1. The van der Waals surface area contributed by atoms with Gasteiger partial charge in [-0.05, 0) is 43.0 Å². The molecule has 1 aliphatic heterocycles. The van der Waals surface area contributed by atoms with Crippen LogP contribution in [0.3, 0.4) is 0 Å². The Balaban J connectivity index is 1.66. The lowest BCUT2D eigenvalue weighted by Gasteiger charge is -2.30. The maximum absolute atomic E-state index is 12.5. The maximum atomic E-state index is 12.5. The number of nitriles is 1. The Morgan fingerprint density at radius 1 is 1.29 bits per heavy atom. The number of aromatic nitrogens is 2. The molecule has 6 nitrogen and oxygen atoms in total. The molecule has 1 fully saturated rings. The normalized spacial score (nSPS) is 17.2. The highest BCUT2D eigenvalue weighted by molar-refractivity contribution is 5.93. The quantitative estimate of drug-likeness (QED) is 0.940. The highest BCUT2D eigenvalue weighted by atomic mass is 16.2. The summed E-state index contributed by atoms with van der Waals surface area (Å²) in [5.41, 5.74) is 1.89. The van der Waals surface area contributed by atoms with Crippen LogP contribution in [0.2, 0.25) is 0 Å². The zero-order valence-electron chi connectivity index (χ0n) is 13.6. The van der Waals surface area contributed by atoms with Crippen LogP contribution in [-0.4, -0.2) is 33.9 Å². The molecule has 0 aliphatic carbocycles. The van der Waals surface area contributed by atoms with Crippen molar-refractivity contribution in [3.05, 3.63) is 47.8 Å². The monoisotopic (exact) mass is 321 g/mol. The summed E-state index contributed by atoms with van der Waals surface area (Å²) in [6.45, 7) is 3.76. The summed E-state index contributed by atoms with van der Waals surface area (Å²) in [5, 5.41) is 11.8. The molecule has 1 amide bonds. The summed E-state index contributed by atoms with van der Waals surface area (Å²) in [4.78, 5) is 22.8. The Morgan fingerprint density at radius 3 is 2.62 bits per heavy atom. The van der Waals surface area contributed by atoms with Gasteiger partial charge in [0, 0.05) is 31.2 Å². The molecule has 2 heterocycles. The van der Waals surface area contributed by atoms with E-state index in [1.807, 2.05) is 4.90 Å². The van der Waals surface area contributed by atoms with Crippen LogP contribution in [0.1, 0.15) is 35.7 Å². The second kappa shape index (κ2) is 7.09. The van der Waals surface area contributed by atoms with Gasteiger partial charge in [-0.1, -0.05) is 6.92 Å². The van der Waals surface area contributed by atoms with E-state index >= 15 is 0 Å². The summed E-state index contributed by atoms with van der Waals surface area (Å²) in [6, 6.07) is 9.09. The molecule has 122 valence electrons. The van der Waals surface area contributed by atoms with E-state index < -0.39 is 0 Å². The predicted octanol–water partition coefficient (Wildman–Crippen LogP) is 2.96. The first-order valence-electron chi connectivity index (χ1n) is 8.04. The second-order valence-corrected chi connectivity index (χ2v) is 6.11. The molecule has 0 saturated carbocycles. The molecule has 0 bridgehead atoms. The van der Waals surface area contributed by atoms with Crippen molar-refractivity contribution < 1.29 is 4.79 Å². The Morgan fingerprint density at radius 2 is 2.00 bits per heavy atom. The van der Waals surface area contributed by atoms with E-state index in [4.69, 9.17) is 5.26 Å². The minimum atomic E-state index is -0.00790. The number of rotatable bonds is 3. The molecule has 2 aromatic rings. The van der Waals surface area contributed by atoms with Gasteiger partial charge in [0.2, 0.25) is 5.95 Å². The summed E-state index contributed by atoms with van der Waals surface area (Å²) >= 11 is 0. The van der Waals surface area contributed by atoms with Crippen molar-refractivity contribution in [2.75, 3.05) is 18.4 Å². The lowest BCUT2D eigenvalue weighted by Crippen LogP contribution is -2.39. The molecule has 1 saturated heterocycles. The molecule has 3 rings (SSSR count). The lowest BCUT2D eigenvalue weighted by atomic mass is 10.00. The largest absolute Gasteiger partial charge is 0.338 e. The van der Waals surface area contributed by atoms with Crippen molar-refractivity contribution in [1.82, 2.24) is 14.9 Å². The number of likely N-dealkylation sites (tertiary alicyclic amines) is 1. The number of hydrogen-bond donors (Lipinski definition) is 1. The van der Waals surface area contributed by atoms with E-state index in [0.29, 0.717) is 23.0 Å². The summed E-state index contributed by atoms with van der Waals surface area (Å²) in [5.74, 6) is 0.954. The molecular weight excluding hydrogens is 302 g/mol. The number of carbonyl (C=O) groups is 1. The van der Waals surface area contributed by atoms with Crippen molar-refractivity contribution in [2.24, 2.45) is 5.92 Å². The molecule has 1 aliphatic rings. The average molecular weight is 321 g/mol. The van der Waals surface area contributed by atoms with Crippen molar-refractivity contribution in [1.29, 1.82) is 5.26 Å². The van der Waals surface area contributed by atoms with E-state index in [1.54, 1.807) is 36.7 Å². The molecule has 1 atom stereocenters. The van der Waals surface area contributed by atoms with Crippen molar-refractivity contribution >= 4 is 17.5 Å². The van der Waals surface area contributed by atoms with Gasteiger partial charge in [-0.2, -0.15) is 5.26 Å². The molecule has 6 heteroatoms. The number of carbonyl (C=O) groups excluding carboxylic acids is 1. The fourth-order valence-corrected chi connectivity index (χ4v) is 2.82. The number of nitrogens with zero attached hydrogens (tertiary/aromatic N) is 4. The fourth-order valence-electron chi connectivity index (χ4n) is 2.82. The number of nitrogens with one attached hydrogen (secondary N) is 1. The first-order chi connectivity index (χ1) is 11.7. The Kier molecular flexibility index (Phi) is 4.71. The van der Waals surface area contributed by atoms with Gasteiger partial charge >= 0.3 is 0 Å². The standard InChI is InChI=1S/C18H19N5O/c1-13-3-2-8-23(12-13)17(24)15-10-20-18(21-11-15)22-16-6-4-14(9-19)5-7-16/h4-7,10-11,13H,2-3,8,12H2,1H3,(H,20,21,22). The van der Waals surface area contributed by atoms with E-state index in [2.05, 4.69) is 28.3 Å². The van der Waals surface area contributed by atoms with Gasteiger partial charge in [0.25, 0.3) is 5.91 Å². The van der Waals surface area contributed by atoms with Crippen LogP contribution in [0.25, 0.3) is 0 Å². The van der Waals surface area contributed by atoms with Crippen LogP contribution in [0, 0.1) is 17.2 Å². The smallest absolute Gasteiger partial charge is 0.257 e. The third-order valence-corrected chi connectivity index (χ3v) is 4.11. The Hall–Kier alpha value is -2.94. The summed E-state index contributed by atoms with van der Waals surface area (Å²) in [7, 11) is 0. The van der Waals surface area contributed by atoms with Crippen LogP contribution in [0.15, 0.2) is 36.7 Å². The van der Waals surface area contributed by atoms with E-state index in [9.17, 15) is 4.79 Å². The highest BCUT2D eigenvalue weighted by Crippen LogP contribution is 2.18. The van der Waals surface area contributed by atoms with E-state index in [1.165, 1.54) is 6.42 Å². The van der Waals surface area contributed by atoms with Gasteiger partial charge < -0.3 is 10.2 Å². The Labute approximate surface area is 141 Å². The minimum absolute atomic E-state index is 0.00790.